The van der Waals surface area contributed by atoms with Gasteiger partial charge in [0.1, 0.15) is 0 Å². The number of rotatable bonds is 5. The molecule has 1 N–H and O–H groups in total. The summed E-state index contributed by atoms with van der Waals surface area (Å²) in [5, 5.41) is 4.61. The van der Waals surface area contributed by atoms with Gasteiger partial charge < -0.3 is 5.32 Å². The van der Waals surface area contributed by atoms with E-state index >= 15 is 0 Å². The average Bonchev–Trinajstić information content (AvgIpc) is 2.18. The highest BCUT2D eigenvalue weighted by Gasteiger charge is 1.90. The van der Waals surface area contributed by atoms with Gasteiger partial charge in [-0.3, -0.25) is 9.68 Å². The van der Waals surface area contributed by atoms with Gasteiger partial charge in [0.25, 0.3) is 0 Å². The molecular formula is C8H24N2O2Si. The molecule has 0 fully saturated rings. The zero-order valence-corrected chi connectivity index (χ0v) is 11.8. The van der Waals surface area contributed by atoms with Gasteiger partial charge in [-0.25, -0.2) is 0 Å². The highest BCUT2D eigenvalue weighted by atomic mass is 28.1. The van der Waals surface area contributed by atoms with Crippen LogP contribution < -0.4 is 5.32 Å². The van der Waals surface area contributed by atoms with E-state index in [1.807, 2.05) is 0 Å². The highest BCUT2D eigenvalue weighted by molar-refractivity contribution is 6.11. The fraction of sp³-hybridized carbons (Fsp3) is 1.00. The Kier molecular flexibility index (Phi) is 14.4. The van der Waals surface area contributed by atoms with Crippen LogP contribution in [0.4, 0.5) is 0 Å². The van der Waals surface area contributed by atoms with Crippen LogP contribution in [0.15, 0.2) is 0 Å². The average molecular weight is 208 g/mol. The van der Waals surface area contributed by atoms with E-state index in [1.165, 1.54) is 36.1 Å². The molecule has 0 aliphatic heterocycles. The highest BCUT2D eigenvalue weighted by Crippen LogP contribution is 1.79. The molecule has 0 aromatic carbocycles. The van der Waals surface area contributed by atoms with E-state index in [9.17, 15) is 0 Å². The van der Waals surface area contributed by atoms with Gasteiger partial charge in [0, 0.05) is 17.3 Å². The Morgan fingerprint density at radius 3 is 1.85 bits per heavy atom. The van der Waals surface area contributed by atoms with Crippen LogP contribution in [0.2, 0.25) is 0 Å². The standard InChI is InChI=1S/C5H15NSi.C3H9NO2/c1-3-5(7)6-4-2;1-4(5-2)6-3/h5-6H,3-4H2,1-2,7H3;1-3H3. The van der Waals surface area contributed by atoms with Gasteiger partial charge in [-0.15, -0.1) is 0 Å². The third-order valence-corrected chi connectivity index (χ3v) is 2.90. The first-order chi connectivity index (χ1) is 6.12. The maximum atomic E-state index is 4.51. The molecular weight excluding hydrogens is 184 g/mol. The lowest BCUT2D eigenvalue weighted by molar-refractivity contribution is -0.325. The maximum Gasteiger partial charge on any atom is 0.0601 e. The summed E-state index contributed by atoms with van der Waals surface area (Å²) in [6.45, 7) is 5.50. The van der Waals surface area contributed by atoms with Crippen molar-refractivity contribution >= 4 is 10.2 Å². The quantitative estimate of drug-likeness (QED) is 0.498. The van der Waals surface area contributed by atoms with Crippen molar-refractivity contribution in [2.24, 2.45) is 0 Å². The Bertz CT molecular complexity index is 92.2. The van der Waals surface area contributed by atoms with Gasteiger partial charge in [0.15, 0.2) is 0 Å². The third kappa shape index (κ3) is 14.9. The van der Waals surface area contributed by atoms with E-state index in [0.29, 0.717) is 0 Å². The second-order valence-corrected chi connectivity index (χ2v) is 4.07. The van der Waals surface area contributed by atoms with Crippen LogP contribution in [0.5, 0.6) is 0 Å². The molecule has 0 saturated heterocycles. The molecule has 0 heterocycles. The maximum absolute atomic E-state index is 4.51. The minimum absolute atomic E-state index is 0.838. The largest absolute Gasteiger partial charge is 0.318 e. The molecule has 82 valence electrons. The summed E-state index contributed by atoms with van der Waals surface area (Å²) in [7, 11) is 6.02. The fourth-order valence-electron chi connectivity index (χ4n) is 0.567. The molecule has 1 atom stereocenters. The number of hydrogen-bond donors (Lipinski definition) is 1. The van der Waals surface area contributed by atoms with Gasteiger partial charge in [-0.2, -0.15) is 0 Å². The normalized spacial score (nSPS) is 12.5. The first kappa shape index (κ1) is 15.5. The SMILES string of the molecule is CCNC([SiH3])CC.CON(C)OC. The number of hydrogen-bond acceptors (Lipinski definition) is 4. The van der Waals surface area contributed by atoms with Gasteiger partial charge in [0.05, 0.1) is 14.2 Å². The van der Waals surface area contributed by atoms with Crippen LogP contribution in [0.1, 0.15) is 20.3 Å². The number of nitrogens with zero attached hydrogens (tertiary/aromatic N) is 1. The molecule has 0 spiro atoms. The van der Waals surface area contributed by atoms with Crippen LogP contribution >= 0.6 is 0 Å². The second kappa shape index (κ2) is 12.1. The van der Waals surface area contributed by atoms with Gasteiger partial charge in [-0.1, -0.05) is 19.1 Å². The molecule has 13 heavy (non-hydrogen) atoms. The van der Waals surface area contributed by atoms with Crippen molar-refractivity contribution < 1.29 is 9.68 Å². The molecule has 1 unspecified atom stereocenters. The second-order valence-electron chi connectivity index (χ2n) is 2.67. The summed E-state index contributed by atoms with van der Waals surface area (Å²) < 4.78 is 0. The fourth-order valence-corrected chi connectivity index (χ4v) is 0.976. The van der Waals surface area contributed by atoms with Crippen LogP contribution in [0.25, 0.3) is 0 Å². The predicted octanol–water partition coefficient (Wildman–Crippen LogP) is -0.262. The Hall–Kier alpha value is 0.0569. The lowest BCUT2D eigenvalue weighted by Crippen LogP contribution is -2.27. The number of hydroxylamine groups is 2. The summed E-state index contributed by atoms with van der Waals surface area (Å²) in [5.74, 6) is 0. The van der Waals surface area contributed by atoms with E-state index in [1.54, 1.807) is 7.05 Å². The van der Waals surface area contributed by atoms with E-state index in [-0.39, 0.29) is 0 Å². The minimum Gasteiger partial charge on any atom is -0.318 e. The van der Waals surface area contributed by atoms with Crippen LogP contribution in [0, 0.1) is 0 Å². The summed E-state index contributed by atoms with van der Waals surface area (Å²) in [5.41, 5.74) is 0.838. The van der Waals surface area contributed by atoms with E-state index in [2.05, 4.69) is 28.8 Å². The zero-order valence-electron chi connectivity index (χ0n) is 9.76. The monoisotopic (exact) mass is 208 g/mol. The summed E-state index contributed by atoms with van der Waals surface area (Å²) in [6.07, 6.45) is 1.29. The van der Waals surface area contributed by atoms with Crippen molar-refractivity contribution in [3.8, 4) is 0 Å². The molecule has 0 radical (unpaired) electrons. The molecule has 4 nitrogen and oxygen atoms in total. The van der Waals surface area contributed by atoms with Crippen LogP contribution in [-0.4, -0.2) is 48.9 Å². The van der Waals surface area contributed by atoms with Crippen LogP contribution in [0.3, 0.4) is 0 Å². The third-order valence-electron chi connectivity index (χ3n) is 1.68. The van der Waals surface area contributed by atoms with Crippen molar-refractivity contribution in [3.05, 3.63) is 0 Å². The zero-order chi connectivity index (χ0) is 10.7. The Balaban J connectivity index is 0. The lowest BCUT2D eigenvalue weighted by Gasteiger charge is -2.06. The van der Waals surface area contributed by atoms with Crippen molar-refractivity contribution in [3.63, 3.8) is 0 Å². The molecule has 0 aliphatic carbocycles. The topological polar surface area (TPSA) is 33.7 Å². The molecule has 0 saturated carbocycles. The molecule has 5 heteroatoms. The molecule has 0 aromatic heterocycles. The van der Waals surface area contributed by atoms with E-state index in [0.717, 1.165) is 12.2 Å². The Labute approximate surface area is 84.9 Å². The van der Waals surface area contributed by atoms with E-state index < -0.39 is 0 Å². The number of nitrogens with one attached hydrogen (secondary N) is 1. The van der Waals surface area contributed by atoms with Crippen molar-refractivity contribution in [2.75, 3.05) is 27.8 Å². The Morgan fingerprint density at radius 1 is 1.31 bits per heavy atom. The molecule has 0 amide bonds. The van der Waals surface area contributed by atoms with Gasteiger partial charge in [-0.05, 0) is 18.6 Å². The van der Waals surface area contributed by atoms with Crippen molar-refractivity contribution in [2.45, 2.75) is 25.9 Å². The van der Waals surface area contributed by atoms with Crippen LogP contribution in [-0.2, 0) is 9.68 Å². The lowest BCUT2D eigenvalue weighted by atomic mass is 10.5. The van der Waals surface area contributed by atoms with Crippen molar-refractivity contribution in [1.82, 2.24) is 10.5 Å². The summed E-state index contributed by atoms with van der Waals surface area (Å²) in [6, 6.07) is 0. The summed E-state index contributed by atoms with van der Waals surface area (Å²) in [4.78, 5) is 9.02. The summed E-state index contributed by atoms with van der Waals surface area (Å²) >= 11 is 0. The van der Waals surface area contributed by atoms with E-state index in [4.69, 9.17) is 0 Å². The smallest absolute Gasteiger partial charge is 0.0601 e. The first-order valence-electron chi connectivity index (χ1n) is 4.67. The minimum atomic E-state index is 0.838. The molecule has 0 aliphatic rings. The molecule has 0 bridgehead atoms. The van der Waals surface area contributed by atoms with Gasteiger partial charge >= 0.3 is 0 Å². The van der Waals surface area contributed by atoms with Gasteiger partial charge in [0.2, 0.25) is 0 Å². The molecule has 0 rings (SSSR count). The van der Waals surface area contributed by atoms with Crippen molar-refractivity contribution in [1.29, 1.82) is 0 Å². The molecule has 0 aromatic rings. The predicted molar refractivity (Wildman–Crippen MR) is 59.5 cm³/mol. The first-order valence-corrected chi connectivity index (χ1v) is 5.83. The Morgan fingerprint density at radius 2 is 1.77 bits per heavy atom.